The topological polar surface area (TPSA) is 0 Å². The Kier molecular flexibility index (Phi) is 12.4. The van der Waals surface area contributed by atoms with Crippen LogP contribution in [0.25, 0.3) is 43.8 Å². The van der Waals surface area contributed by atoms with Gasteiger partial charge in [-0.3, -0.25) is 0 Å². The van der Waals surface area contributed by atoms with E-state index in [1.165, 1.54) is 80.6 Å². The van der Waals surface area contributed by atoms with Gasteiger partial charge in [-0.15, -0.1) is 69.1 Å². The van der Waals surface area contributed by atoms with Crippen molar-refractivity contribution in [3.05, 3.63) is 119 Å². The van der Waals surface area contributed by atoms with Gasteiger partial charge in [0, 0.05) is 8.07 Å². The third-order valence-electron chi connectivity index (χ3n) is 10.5. The maximum absolute atomic E-state index is 2.66. The van der Waals surface area contributed by atoms with Crippen LogP contribution in [0.15, 0.2) is 97.1 Å². The molecule has 0 aliphatic heterocycles. The SMILES string of the molecule is CCCCc1ccc(-c2cccc3[cH-]c(CCC)c([Si](C)(C)c4c(CCC)[cH-]c5cccc(-c6ccc(CCCC)cc6)c45)c23)cc1.[Zr+2]. The summed E-state index contributed by atoms with van der Waals surface area (Å²) in [7, 11) is -2.23. The van der Waals surface area contributed by atoms with Crippen LogP contribution in [0.1, 0.15) is 88.5 Å². The molecule has 0 saturated carbocycles. The van der Waals surface area contributed by atoms with Crippen molar-refractivity contribution in [1.82, 2.24) is 0 Å². The van der Waals surface area contributed by atoms with E-state index >= 15 is 0 Å². The van der Waals surface area contributed by atoms with Gasteiger partial charge in [-0.25, -0.2) is 0 Å². The number of unbranched alkanes of at least 4 members (excludes halogenated alkanes) is 2. The fourth-order valence-corrected chi connectivity index (χ4v) is 12.3. The minimum absolute atomic E-state index is 0. The monoisotopic (exact) mass is 724 g/mol. The van der Waals surface area contributed by atoms with Crippen molar-refractivity contribution in [3.8, 4) is 22.3 Å². The minimum atomic E-state index is -2.23. The van der Waals surface area contributed by atoms with Crippen molar-refractivity contribution in [1.29, 1.82) is 0 Å². The molecule has 0 aromatic heterocycles. The zero-order chi connectivity index (χ0) is 33.0. The first kappa shape index (κ1) is 36.5. The number of rotatable bonds is 14. The number of benzene rings is 4. The molecule has 246 valence electrons. The number of aryl methyl sites for hydroxylation is 4. The fourth-order valence-electron chi connectivity index (χ4n) is 8.21. The van der Waals surface area contributed by atoms with E-state index in [1.807, 2.05) is 0 Å². The molecule has 0 amide bonds. The van der Waals surface area contributed by atoms with Gasteiger partial charge in [0.15, 0.2) is 0 Å². The normalized spacial score (nSPS) is 11.8. The van der Waals surface area contributed by atoms with E-state index in [-0.39, 0.29) is 26.2 Å². The standard InChI is InChI=1S/C46H54Si.Zr/c1-7-11-17-33-23-27-35(28-24-33)41-21-13-19-37-31-39(15-9-3)45(43(37)41)47(5,6)46-40(16-10-4)32-38-20-14-22-42(44(38)46)36-29-25-34(26-30-36)18-12-8-2;/h13-14,19-32H,7-12,15-18H2,1-6H3;/q-2;+2. The molecular weight excluding hydrogens is 672 g/mol. The molecule has 0 bridgehead atoms. The smallest absolute Gasteiger partial charge is 0.158 e. The van der Waals surface area contributed by atoms with Crippen molar-refractivity contribution in [2.75, 3.05) is 0 Å². The molecule has 0 nitrogen and oxygen atoms in total. The van der Waals surface area contributed by atoms with E-state index in [0.29, 0.717) is 0 Å². The third-order valence-corrected chi connectivity index (χ3v) is 14.1. The fraction of sp³-hybridized carbons (Fsp3) is 0.348. The Balaban J connectivity index is 0.00000451. The molecule has 48 heavy (non-hydrogen) atoms. The summed E-state index contributed by atoms with van der Waals surface area (Å²) >= 11 is 0. The number of hydrogen-bond acceptors (Lipinski definition) is 0. The average Bonchev–Trinajstić information content (AvgIpc) is 3.66. The zero-order valence-corrected chi connectivity index (χ0v) is 33.8. The van der Waals surface area contributed by atoms with Crippen LogP contribution in [0, 0.1) is 0 Å². The molecule has 2 heteroatoms. The van der Waals surface area contributed by atoms with Gasteiger partial charge in [0.1, 0.15) is 0 Å². The number of fused-ring (bicyclic) bond motifs is 2. The Morgan fingerprint density at radius 1 is 0.479 bits per heavy atom. The van der Waals surface area contributed by atoms with Crippen molar-refractivity contribution >= 4 is 40.0 Å². The van der Waals surface area contributed by atoms with Crippen LogP contribution in [0.3, 0.4) is 0 Å². The van der Waals surface area contributed by atoms with E-state index < -0.39 is 8.07 Å². The summed E-state index contributed by atoms with van der Waals surface area (Å²) in [6.07, 6.45) is 11.9. The summed E-state index contributed by atoms with van der Waals surface area (Å²) < 4.78 is 0. The van der Waals surface area contributed by atoms with Gasteiger partial charge in [0.05, 0.1) is 0 Å². The Morgan fingerprint density at radius 3 is 1.23 bits per heavy atom. The van der Waals surface area contributed by atoms with Crippen LogP contribution in [-0.2, 0) is 51.9 Å². The van der Waals surface area contributed by atoms with Crippen LogP contribution in [-0.4, -0.2) is 8.07 Å². The summed E-state index contributed by atoms with van der Waals surface area (Å²) in [4.78, 5) is 0. The van der Waals surface area contributed by atoms with E-state index in [9.17, 15) is 0 Å². The second-order valence-corrected chi connectivity index (χ2v) is 18.6. The van der Waals surface area contributed by atoms with Crippen LogP contribution in [0.4, 0.5) is 0 Å². The Bertz CT molecular complexity index is 1790. The molecule has 0 spiro atoms. The zero-order valence-electron chi connectivity index (χ0n) is 30.3. The van der Waals surface area contributed by atoms with E-state index in [4.69, 9.17) is 0 Å². The van der Waals surface area contributed by atoms with Gasteiger partial charge in [-0.2, -0.15) is 10.4 Å². The molecular formula is C46H54SiZr. The summed E-state index contributed by atoms with van der Waals surface area (Å²) in [5.41, 5.74) is 11.5. The average molecular weight is 726 g/mol. The summed E-state index contributed by atoms with van der Waals surface area (Å²) in [5, 5.41) is 9.15. The maximum Gasteiger partial charge on any atom is 2.00 e. The largest absolute Gasteiger partial charge is 2.00 e. The van der Waals surface area contributed by atoms with Gasteiger partial charge >= 0.3 is 26.2 Å². The third kappa shape index (κ3) is 7.22. The summed E-state index contributed by atoms with van der Waals surface area (Å²) in [6, 6.07) is 38.1. The van der Waals surface area contributed by atoms with E-state index in [0.717, 1.165) is 38.5 Å². The van der Waals surface area contributed by atoms with Crippen LogP contribution >= 0.6 is 0 Å². The van der Waals surface area contributed by atoms with Gasteiger partial charge < -0.3 is 0 Å². The van der Waals surface area contributed by atoms with Gasteiger partial charge in [0.2, 0.25) is 0 Å². The molecule has 6 aromatic carbocycles. The first-order valence-electron chi connectivity index (χ1n) is 18.5. The van der Waals surface area contributed by atoms with E-state index in [2.05, 4.69) is 138 Å². The molecule has 0 N–H and O–H groups in total. The maximum atomic E-state index is 2.66. The number of hydrogen-bond donors (Lipinski definition) is 0. The van der Waals surface area contributed by atoms with Crippen molar-refractivity contribution in [2.45, 2.75) is 105 Å². The second-order valence-electron chi connectivity index (χ2n) is 14.4. The Hall–Kier alpha value is -2.80. The van der Waals surface area contributed by atoms with Crippen molar-refractivity contribution in [3.63, 3.8) is 0 Å². The van der Waals surface area contributed by atoms with E-state index in [1.54, 1.807) is 21.5 Å². The molecule has 6 aromatic rings. The molecule has 0 fully saturated rings. The van der Waals surface area contributed by atoms with Crippen molar-refractivity contribution < 1.29 is 26.2 Å². The molecule has 0 aliphatic carbocycles. The quantitative estimate of drug-likeness (QED) is 0.0775. The molecule has 6 rings (SSSR count). The minimum Gasteiger partial charge on any atom is -0.158 e. The predicted octanol–water partition coefficient (Wildman–Crippen LogP) is 12.2. The van der Waals surface area contributed by atoms with Gasteiger partial charge in [0.25, 0.3) is 0 Å². The van der Waals surface area contributed by atoms with Gasteiger partial charge in [-0.1, -0.05) is 138 Å². The molecule has 0 unspecified atom stereocenters. The molecule has 0 aliphatic rings. The van der Waals surface area contributed by atoms with Crippen molar-refractivity contribution in [2.24, 2.45) is 0 Å². The molecule has 0 radical (unpaired) electrons. The molecule has 0 saturated heterocycles. The Morgan fingerprint density at radius 2 is 0.875 bits per heavy atom. The van der Waals surface area contributed by atoms with Gasteiger partial charge in [-0.05, 0) is 60.8 Å². The van der Waals surface area contributed by atoms with Crippen LogP contribution < -0.4 is 10.4 Å². The molecule has 0 atom stereocenters. The Labute approximate surface area is 310 Å². The van der Waals surface area contributed by atoms with Crippen LogP contribution in [0.5, 0.6) is 0 Å². The molecule has 0 heterocycles. The summed E-state index contributed by atoms with van der Waals surface area (Å²) in [5.74, 6) is 0. The first-order valence-corrected chi connectivity index (χ1v) is 21.5. The first-order chi connectivity index (χ1) is 22.9. The second kappa shape index (κ2) is 16.3. The van der Waals surface area contributed by atoms with Crippen LogP contribution in [0.2, 0.25) is 13.1 Å². The predicted molar refractivity (Wildman–Crippen MR) is 212 cm³/mol. The summed E-state index contributed by atoms with van der Waals surface area (Å²) in [6.45, 7) is 14.6.